The van der Waals surface area contributed by atoms with E-state index in [-0.39, 0.29) is 30.7 Å². The molecule has 0 amide bonds. The van der Waals surface area contributed by atoms with Gasteiger partial charge in [0, 0.05) is 18.4 Å². The number of benzene rings is 2. The average Bonchev–Trinajstić information content (AvgIpc) is 3.56. The van der Waals surface area contributed by atoms with Crippen molar-refractivity contribution in [2.45, 2.75) is 45.1 Å². The minimum Gasteiger partial charge on any atom is -0.493 e. The highest BCUT2D eigenvalue weighted by atomic mass is 16.5. The number of furan rings is 1. The summed E-state index contributed by atoms with van der Waals surface area (Å²) in [5, 5.41) is 18.7. The summed E-state index contributed by atoms with van der Waals surface area (Å²) in [5.74, 6) is -1.12. The van der Waals surface area contributed by atoms with Gasteiger partial charge in [0.1, 0.15) is 16.8 Å². The molecule has 36 heavy (non-hydrogen) atoms. The molecule has 9 nitrogen and oxygen atoms in total. The molecule has 1 N–H and O–H groups in total. The highest BCUT2D eigenvalue weighted by molar-refractivity contribution is 5.99. The van der Waals surface area contributed by atoms with Crippen molar-refractivity contribution in [3.63, 3.8) is 0 Å². The number of aromatic nitrogens is 3. The molecule has 1 aliphatic carbocycles. The SMILES string of the molecule is O=C(CC(CCn1nnc2ccccc2c1=O)C(=O)O)c1cc2cc(OCC3CCCC3)ccc2o1. The fraction of sp³-hybridized carbons (Fsp3) is 0.370. The maximum atomic E-state index is 12.9. The van der Waals surface area contributed by atoms with Crippen LogP contribution in [0.3, 0.4) is 0 Å². The van der Waals surface area contributed by atoms with Gasteiger partial charge >= 0.3 is 5.97 Å². The van der Waals surface area contributed by atoms with E-state index in [2.05, 4.69) is 10.3 Å². The first-order valence-corrected chi connectivity index (χ1v) is 12.2. The third-order valence-electron chi connectivity index (χ3n) is 6.82. The summed E-state index contributed by atoms with van der Waals surface area (Å²) in [5.41, 5.74) is 0.663. The van der Waals surface area contributed by atoms with Crippen LogP contribution in [-0.4, -0.2) is 38.5 Å². The van der Waals surface area contributed by atoms with Crippen LogP contribution >= 0.6 is 0 Å². The second-order valence-corrected chi connectivity index (χ2v) is 9.36. The Kier molecular flexibility index (Phi) is 6.79. The lowest BCUT2D eigenvalue weighted by molar-refractivity contribution is -0.142. The second-order valence-electron chi connectivity index (χ2n) is 9.36. The maximum absolute atomic E-state index is 12.9. The number of aryl methyl sites for hydroxylation is 1. The molecular formula is C27H27N3O6. The topological polar surface area (TPSA) is 125 Å². The molecule has 5 rings (SSSR count). The van der Waals surface area contributed by atoms with E-state index in [1.165, 1.54) is 25.7 Å². The standard InChI is InChI=1S/C27H27N3O6/c31-23(25-15-19-13-20(9-10-24(19)36-25)35-16-17-5-1-2-6-17)14-18(27(33)34)11-12-30-26(32)21-7-3-4-8-22(21)28-29-30/h3-4,7-10,13,15,17-18H,1-2,5-6,11-12,14,16H2,(H,33,34). The van der Waals surface area contributed by atoms with Gasteiger partial charge in [-0.3, -0.25) is 14.4 Å². The molecule has 0 bridgehead atoms. The van der Waals surface area contributed by atoms with Crippen LogP contribution in [0.4, 0.5) is 0 Å². The largest absolute Gasteiger partial charge is 0.493 e. The van der Waals surface area contributed by atoms with E-state index < -0.39 is 17.7 Å². The van der Waals surface area contributed by atoms with E-state index in [4.69, 9.17) is 9.15 Å². The quantitative estimate of drug-likeness (QED) is 0.324. The number of hydrogen-bond acceptors (Lipinski definition) is 7. The summed E-state index contributed by atoms with van der Waals surface area (Å²) in [6, 6.07) is 13.9. The van der Waals surface area contributed by atoms with Crippen LogP contribution in [0.2, 0.25) is 0 Å². The number of carboxylic acid groups (broad SMARTS) is 1. The van der Waals surface area contributed by atoms with Gasteiger partial charge in [-0.1, -0.05) is 30.2 Å². The maximum Gasteiger partial charge on any atom is 0.307 e. The van der Waals surface area contributed by atoms with E-state index in [9.17, 15) is 19.5 Å². The summed E-state index contributed by atoms with van der Waals surface area (Å²) in [4.78, 5) is 37.4. The lowest BCUT2D eigenvalue weighted by Crippen LogP contribution is -2.27. The van der Waals surface area contributed by atoms with Gasteiger partial charge in [0.05, 0.1) is 17.9 Å². The summed E-state index contributed by atoms with van der Waals surface area (Å²) >= 11 is 0. The van der Waals surface area contributed by atoms with Gasteiger partial charge < -0.3 is 14.3 Å². The molecule has 186 valence electrons. The van der Waals surface area contributed by atoms with Crippen LogP contribution in [0.5, 0.6) is 5.75 Å². The second kappa shape index (κ2) is 10.3. The number of ether oxygens (including phenoxy) is 1. The smallest absolute Gasteiger partial charge is 0.307 e. The number of rotatable bonds is 10. The van der Waals surface area contributed by atoms with E-state index in [1.54, 1.807) is 36.4 Å². The first-order valence-electron chi connectivity index (χ1n) is 12.2. The first-order chi connectivity index (χ1) is 17.5. The third kappa shape index (κ3) is 5.15. The molecule has 2 aromatic carbocycles. The van der Waals surface area contributed by atoms with E-state index in [0.717, 1.165) is 15.8 Å². The molecule has 0 radical (unpaired) electrons. The van der Waals surface area contributed by atoms with Crippen LogP contribution < -0.4 is 10.3 Å². The Balaban J connectivity index is 1.25. The Morgan fingerprint density at radius 2 is 1.94 bits per heavy atom. The van der Waals surface area contributed by atoms with Crippen LogP contribution in [0.25, 0.3) is 21.9 Å². The molecule has 2 aromatic heterocycles. The highest BCUT2D eigenvalue weighted by Gasteiger charge is 2.25. The fourth-order valence-corrected chi connectivity index (χ4v) is 4.72. The normalized spacial score (nSPS) is 14.9. The van der Waals surface area contributed by atoms with Crippen molar-refractivity contribution in [3.05, 3.63) is 64.6 Å². The minimum atomic E-state index is -1.12. The van der Waals surface area contributed by atoms with Crippen molar-refractivity contribution < 1.29 is 23.8 Å². The molecule has 0 aliphatic heterocycles. The van der Waals surface area contributed by atoms with E-state index in [0.29, 0.717) is 29.0 Å². The van der Waals surface area contributed by atoms with Gasteiger partial charge in [-0.2, -0.15) is 0 Å². The Bertz CT molecular complexity index is 1470. The number of nitrogens with zero attached hydrogens (tertiary/aromatic N) is 3. The zero-order chi connectivity index (χ0) is 25.1. The number of hydrogen-bond donors (Lipinski definition) is 1. The summed E-state index contributed by atoms with van der Waals surface area (Å²) in [7, 11) is 0. The number of ketones is 1. The predicted molar refractivity (Wildman–Crippen MR) is 132 cm³/mol. The number of fused-ring (bicyclic) bond motifs is 2. The van der Waals surface area contributed by atoms with Crippen molar-refractivity contribution in [2.24, 2.45) is 11.8 Å². The van der Waals surface area contributed by atoms with Crippen molar-refractivity contribution in [1.82, 2.24) is 15.0 Å². The zero-order valence-corrected chi connectivity index (χ0v) is 19.8. The molecular weight excluding hydrogens is 462 g/mol. The predicted octanol–water partition coefficient (Wildman–Crippen LogP) is 4.47. The number of Topliss-reactive ketones (excluding diaryl/α,β-unsaturated/α-hetero) is 1. The van der Waals surface area contributed by atoms with Gasteiger partial charge in [-0.15, -0.1) is 5.10 Å². The summed E-state index contributed by atoms with van der Waals surface area (Å²) in [6.45, 7) is 0.711. The van der Waals surface area contributed by atoms with Gasteiger partial charge in [0.15, 0.2) is 11.5 Å². The van der Waals surface area contributed by atoms with Crippen LogP contribution in [-0.2, 0) is 11.3 Å². The fourth-order valence-electron chi connectivity index (χ4n) is 4.72. The van der Waals surface area contributed by atoms with Crippen LogP contribution in [0.15, 0.2) is 57.7 Å². The Morgan fingerprint density at radius 3 is 2.75 bits per heavy atom. The number of carboxylic acids is 1. The molecule has 1 unspecified atom stereocenters. The molecule has 1 atom stereocenters. The van der Waals surface area contributed by atoms with E-state index in [1.807, 2.05) is 12.1 Å². The van der Waals surface area contributed by atoms with Gasteiger partial charge in [-0.05, 0) is 61.6 Å². The lowest BCUT2D eigenvalue weighted by Gasteiger charge is -2.11. The molecule has 1 aliphatic rings. The summed E-state index contributed by atoms with van der Waals surface area (Å²) < 4.78 is 12.8. The third-order valence-corrected chi connectivity index (χ3v) is 6.82. The van der Waals surface area contributed by atoms with Gasteiger partial charge in [0.2, 0.25) is 0 Å². The zero-order valence-electron chi connectivity index (χ0n) is 19.8. The lowest BCUT2D eigenvalue weighted by atomic mass is 9.98. The number of carbonyl (C=O) groups is 2. The summed E-state index contributed by atoms with van der Waals surface area (Å²) in [6.07, 6.45) is 4.69. The molecule has 1 saturated carbocycles. The van der Waals surface area contributed by atoms with Crippen molar-refractivity contribution >= 4 is 33.6 Å². The van der Waals surface area contributed by atoms with Crippen LogP contribution in [0, 0.1) is 11.8 Å². The van der Waals surface area contributed by atoms with Crippen molar-refractivity contribution in [1.29, 1.82) is 0 Å². The Hall–Kier alpha value is -4.01. The molecule has 0 saturated heterocycles. The van der Waals surface area contributed by atoms with Gasteiger partial charge in [-0.25, -0.2) is 4.68 Å². The molecule has 9 heteroatoms. The molecule has 0 spiro atoms. The number of carbonyl (C=O) groups excluding carboxylic acids is 1. The van der Waals surface area contributed by atoms with Crippen molar-refractivity contribution in [3.8, 4) is 5.75 Å². The Labute approximate surface area is 206 Å². The molecule has 4 aromatic rings. The van der Waals surface area contributed by atoms with E-state index >= 15 is 0 Å². The van der Waals surface area contributed by atoms with Crippen LogP contribution in [0.1, 0.15) is 49.1 Å². The van der Waals surface area contributed by atoms with Crippen molar-refractivity contribution in [2.75, 3.05) is 6.61 Å². The average molecular weight is 490 g/mol. The minimum absolute atomic E-state index is 0.0305. The Morgan fingerprint density at radius 1 is 1.14 bits per heavy atom. The highest BCUT2D eigenvalue weighted by Crippen LogP contribution is 2.29. The molecule has 2 heterocycles. The van der Waals surface area contributed by atoms with Gasteiger partial charge in [0.25, 0.3) is 5.56 Å². The monoisotopic (exact) mass is 489 g/mol. The number of aliphatic carboxylic acids is 1. The molecule has 1 fully saturated rings. The first kappa shape index (κ1) is 23.7.